The van der Waals surface area contributed by atoms with Gasteiger partial charge in [0.1, 0.15) is 11.5 Å². The van der Waals surface area contributed by atoms with Gasteiger partial charge in [-0.25, -0.2) is 4.98 Å². The van der Waals surface area contributed by atoms with E-state index in [1.54, 1.807) is 0 Å². The van der Waals surface area contributed by atoms with Crippen LogP contribution >= 0.6 is 0 Å². The summed E-state index contributed by atoms with van der Waals surface area (Å²) in [6.07, 6.45) is 4.76. The fourth-order valence-electron chi connectivity index (χ4n) is 2.39. The first-order valence-electron chi connectivity index (χ1n) is 6.85. The van der Waals surface area contributed by atoms with Crippen molar-refractivity contribution in [2.24, 2.45) is 5.73 Å². The average Bonchev–Trinajstić information content (AvgIpc) is 2.98. The molecule has 0 fully saturated rings. The smallest absolute Gasteiger partial charge is 0.138 e. The Morgan fingerprint density at radius 2 is 1.90 bits per heavy atom. The first-order chi connectivity index (χ1) is 9.90. The largest absolute Gasteiger partial charge is 0.330 e. The number of anilines is 2. The van der Waals surface area contributed by atoms with Crippen LogP contribution in [-0.2, 0) is 0 Å². The molecule has 0 unspecified atom stereocenters. The highest BCUT2D eigenvalue weighted by atomic mass is 15.2. The molecule has 4 heteroatoms. The van der Waals surface area contributed by atoms with Crippen molar-refractivity contribution in [2.45, 2.75) is 6.42 Å². The molecule has 20 heavy (non-hydrogen) atoms. The van der Waals surface area contributed by atoms with Gasteiger partial charge in [-0.3, -0.25) is 4.40 Å². The number of nitrogens with zero attached hydrogens (tertiary/aromatic N) is 3. The number of para-hydroxylation sites is 1. The van der Waals surface area contributed by atoms with E-state index in [0.717, 1.165) is 24.4 Å². The van der Waals surface area contributed by atoms with Gasteiger partial charge in [0.15, 0.2) is 0 Å². The Morgan fingerprint density at radius 3 is 2.70 bits per heavy atom. The minimum absolute atomic E-state index is 0.684. The molecule has 0 saturated heterocycles. The van der Waals surface area contributed by atoms with Crippen molar-refractivity contribution < 1.29 is 0 Å². The normalized spacial score (nSPS) is 10.8. The Bertz CT molecular complexity index is 675. The summed E-state index contributed by atoms with van der Waals surface area (Å²) in [6.45, 7) is 1.57. The molecule has 3 rings (SSSR count). The Balaban J connectivity index is 2.07. The van der Waals surface area contributed by atoms with Gasteiger partial charge in [0.05, 0.1) is 0 Å². The molecule has 0 amide bonds. The van der Waals surface area contributed by atoms with Crippen molar-refractivity contribution in [3.05, 3.63) is 60.9 Å². The summed E-state index contributed by atoms with van der Waals surface area (Å²) in [5.74, 6) is 1.11. The second-order valence-electron chi connectivity index (χ2n) is 4.67. The predicted octanol–water partition coefficient (Wildman–Crippen LogP) is 2.82. The number of fused-ring (bicyclic) bond motifs is 1. The molecule has 0 radical (unpaired) electrons. The van der Waals surface area contributed by atoms with Crippen LogP contribution in [0.2, 0.25) is 0 Å². The highest BCUT2D eigenvalue weighted by Crippen LogP contribution is 2.25. The minimum atomic E-state index is 0.684. The lowest BCUT2D eigenvalue weighted by atomic mass is 10.2. The second-order valence-corrected chi connectivity index (χ2v) is 4.67. The van der Waals surface area contributed by atoms with Crippen LogP contribution in [0.15, 0.2) is 60.9 Å². The van der Waals surface area contributed by atoms with Gasteiger partial charge in [0, 0.05) is 24.6 Å². The lowest BCUT2D eigenvalue weighted by molar-refractivity contribution is 0.806. The third-order valence-corrected chi connectivity index (χ3v) is 3.34. The molecule has 0 spiro atoms. The topological polar surface area (TPSA) is 46.6 Å². The number of hydrogen-bond acceptors (Lipinski definition) is 3. The van der Waals surface area contributed by atoms with E-state index in [1.807, 2.05) is 30.6 Å². The van der Waals surface area contributed by atoms with Gasteiger partial charge < -0.3 is 10.6 Å². The maximum absolute atomic E-state index is 5.68. The van der Waals surface area contributed by atoms with Crippen LogP contribution < -0.4 is 10.6 Å². The molecule has 0 saturated carbocycles. The summed E-state index contributed by atoms with van der Waals surface area (Å²) >= 11 is 0. The number of hydrogen-bond donors (Lipinski definition) is 1. The van der Waals surface area contributed by atoms with Crippen molar-refractivity contribution in [1.82, 2.24) is 9.38 Å². The molecule has 2 heterocycles. The summed E-state index contributed by atoms with van der Waals surface area (Å²) < 4.78 is 2.10. The third kappa shape index (κ3) is 2.38. The molecule has 0 bridgehead atoms. The van der Waals surface area contributed by atoms with Gasteiger partial charge in [-0.05, 0) is 37.2 Å². The molecule has 4 nitrogen and oxygen atoms in total. The number of rotatable bonds is 5. The molecular formula is C16H18N4. The quantitative estimate of drug-likeness (QED) is 0.772. The van der Waals surface area contributed by atoms with E-state index in [4.69, 9.17) is 5.73 Å². The second kappa shape index (κ2) is 5.75. The zero-order valence-electron chi connectivity index (χ0n) is 11.3. The van der Waals surface area contributed by atoms with Crippen molar-refractivity contribution in [1.29, 1.82) is 0 Å². The SMILES string of the molecule is NCCCN(c1ccccc1)c1cccc2nccn12. The Kier molecular flexibility index (Phi) is 3.65. The molecule has 1 aromatic carbocycles. The van der Waals surface area contributed by atoms with E-state index < -0.39 is 0 Å². The fraction of sp³-hybridized carbons (Fsp3) is 0.188. The van der Waals surface area contributed by atoms with Gasteiger partial charge in [-0.1, -0.05) is 24.3 Å². The van der Waals surface area contributed by atoms with Crippen LogP contribution in [0.25, 0.3) is 5.65 Å². The Hall–Kier alpha value is -2.33. The molecule has 0 aliphatic heterocycles. The van der Waals surface area contributed by atoms with Gasteiger partial charge in [0.2, 0.25) is 0 Å². The monoisotopic (exact) mass is 266 g/mol. The molecule has 102 valence electrons. The van der Waals surface area contributed by atoms with Crippen molar-refractivity contribution in [2.75, 3.05) is 18.0 Å². The van der Waals surface area contributed by atoms with Gasteiger partial charge in [0.25, 0.3) is 0 Å². The van der Waals surface area contributed by atoms with Gasteiger partial charge >= 0.3 is 0 Å². The first-order valence-corrected chi connectivity index (χ1v) is 6.85. The zero-order chi connectivity index (χ0) is 13.8. The maximum Gasteiger partial charge on any atom is 0.138 e. The molecule has 0 aliphatic rings. The summed E-state index contributed by atoms with van der Waals surface area (Å²) in [5.41, 5.74) is 7.80. The van der Waals surface area contributed by atoms with Crippen molar-refractivity contribution in [3.63, 3.8) is 0 Å². The standard InChI is InChI=1S/C16H18N4/c17-10-5-12-19(14-6-2-1-3-7-14)16-9-4-8-15-18-11-13-20(15)16/h1-4,6-9,11,13H,5,10,12,17H2. The number of imidazole rings is 1. The van der Waals surface area contributed by atoms with E-state index in [9.17, 15) is 0 Å². The van der Waals surface area contributed by atoms with E-state index >= 15 is 0 Å². The van der Waals surface area contributed by atoms with Gasteiger partial charge in [-0.15, -0.1) is 0 Å². The Labute approximate surface area is 118 Å². The molecule has 2 N–H and O–H groups in total. The number of benzene rings is 1. The van der Waals surface area contributed by atoms with Crippen molar-refractivity contribution >= 4 is 17.2 Å². The van der Waals surface area contributed by atoms with E-state index in [1.165, 1.54) is 5.69 Å². The van der Waals surface area contributed by atoms with Crippen LogP contribution in [0.5, 0.6) is 0 Å². The molecule has 3 aromatic rings. The first kappa shape index (κ1) is 12.7. The van der Waals surface area contributed by atoms with Crippen LogP contribution in [0, 0.1) is 0 Å². The number of pyridine rings is 1. The fourth-order valence-corrected chi connectivity index (χ4v) is 2.39. The lowest BCUT2D eigenvalue weighted by Gasteiger charge is -2.25. The molecule has 2 aromatic heterocycles. The van der Waals surface area contributed by atoms with Gasteiger partial charge in [-0.2, -0.15) is 0 Å². The summed E-state index contributed by atoms with van der Waals surface area (Å²) in [5, 5.41) is 0. The van der Waals surface area contributed by atoms with Crippen LogP contribution in [0.3, 0.4) is 0 Å². The molecule has 0 aliphatic carbocycles. The third-order valence-electron chi connectivity index (χ3n) is 3.34. The summed E-state index contributed by atoms with van der Waals surface area (Å²) in [4.78, 5) is 6.63. The predicted molar refractivity (Wildman–Crippen MR) is 82.3 cm³/mol. The van der Waals surface area contributed by atoms with E-state index in [0.29, 0.717) is 6.54 Å². The zero-order valence-corrected chi connectivity index (χ0v) is 11.3. The average molecular weight is 266 g/mol. The maximum atomic E-state index is 5.68. The summed E-state index contributed by atoms with van der Waals surface area (Å²) in [7, 11) is 0. The van der Waals surface area contributed by atoms with Crippen LogP contribution in [0.1, 0.15) is 6.42 Å². The lowest BCUT2D eigenvalue weighted by Crippen LogP contribution is -2.22. The summed E-state index contributed by atoms with van der Waals surface area (Å²) in [6, 6.07) is 16.5. The Morgan fingerprint density at radius 1 is 1.05 bits per heavy atom. The van der Waals surface area contributed by atoms with E-state index in [2.05, 4.69) is 44.6 Å². The van der Waals surface area contributed by atoms with E-state index in [-0.39, 0.29) is 0 Å². The molecular weight excluding hydrogens is 248 g/mol. The number of nitrogens with two attached hydrogens (primary N) is 1. The van der Waals surface area contributed by atoms with Crippen molar-refractivity contribution in [3.8, 4) is 0 Å². The number of aromatic nitrogens is 2. The highest BCUT2D eigenvalue weighted by Gasteiger charge is 2.11. The highest BCUT2D eigenvalue weighted by molar-refractivity contribution is 5.63. The molecule has 0 atom stereocenters. The van der Waals surface area contributed by atoms with Crippen LogP contribution in [-0.4, -0.2) is 22.5 Å². The minimum Gasteiger partial charge on any atom is -0.330 e. The van der Waals surface area contributed by atoms with Crippen LogP contribution in [0.4, 0.5) is 11.5 Å².